The van der Waals surface area contributed by atoms with Crippen molar-refractivity contribution in [3.63, 3.8) is 0 Å². The topological polar surface area (TPSA) is 66.9 Å². The fourth-order valence-electron chi connectivity index (χ4n) is 3.52. The molecule has 2 heterocycles. The van der Waals surface area contributed by atoms with Crippen molar-refractivity contribution in [3.8, 4) is 11.5 Å². The molecule has 0 fully saturated rings. The molecule has 0 spiro atoms. The molecule has 0 saturated heterocycles. The molecule has 1 amide bonds. The van der Waals surface area contributed by atoms with E-state index in [0.29, 0.717) is 24.4 Å². The first-order chi connectivity index (χ1) is 14.0. The molecule has 0 aliphatic carbocycles. The minimum atomic E-state index is -0.00474. The average molecular weight is 399 g/mol. The Morgan fingerprint density at radius 2 is 1.86 bits per heavy atom. The lowest BCUT2D eigenvalue weighted by atomic mass is 9.98. The molecular formula is C22H30N4O3. The van der Waals surface area contributed by atoms with Crippen molar-refractivity contribution in [2.24, 2.45) is 0 Å². The number of fused-ring (bicyclic) bond motifs is 1. The van der Waals surface area contributed by atoms with Crippen molar-refractivity contribution in [2.75, 3.05) is 53.3 Å². The van der Waals surface area contributed by atoms with Gasteiger partial charge in [-0.2, -0.15) is 0 Å². The second kappa shape index (κ2) is 9.60. The van der Waals surface area contributed by atoms with Gasteiger partial charge in [0.2, 0.25) is 0 Å². The maximum atomic E-state index is 13.1. The maximum absolute atomic E-state index is 13.1. The molecule has 0 saturated carbocycles. The van der Waals surface area contributed by atoms with E-state index >= 15 is 0 Å². The molecule has 0 radical (unpaired) electrons. The molecule has 29 heavy (non-hydrogen) atoms. The van der Waals surface area contributed by atoms with Crippen LogP contribution < -0.4 is 14.8 Å². The Balaban J connectivity index is 1.68. The maximum Gasteiger partial charge on any atom is 0.255 e. The number of hydrogen-bond acceptors (Lipinski definition) is 6. The Bertz CT molecular complexity index is 854. The van der Waals surface area contributed by atoms with Crippen LogP contribution in [0.3, 0.4) is 0 Å². The molecule has 156 valence electrons. The molecule has 1 N–H and O–H groups in total. The number of amides is 1. The van der Waals surface area contributed by atoms with Gasteiger partial charge in [0.15, 0.2) is 11.5 Å². The summed E-state index contributed by atoms with van der Waals surface area (Å²) in [5.74, 6) is 1.41. The number of rotatable bonds is 8. The van der Waals surface area contributed by atoms with Gasteiger partial charge in [-0.15, -0.1) is 0 Å². The van der Waals surface area contributed by atoms with Crippen LogP contribution >= 0.6 is 0 Å². The number of ether oxygens (including phenoxy) is 2. The molecule has 7 nitrogen and oxygen atoms in total. The summed E-state index contributed by atoms with van der Waals surface area (Å²) in [6.07, 6.45) is 5.21. The summed E-state index contributed by atoms with van der Waals surface area (Å²) in [6, 6.07) is 5.86. The van der Waals surface area contributed by atoms with Gasteiger partial charge in [0.1, 0.15) is 0 Å². The number of benzene rings is 1. The minimum Gasteiger partial charge on any atom is -0.493 e. The summed E-state index contributed by atoms with van der Waals surface area (Å²) < 4.78 is 10.8. The first kappa shape index (κ1) is 20.9. The lowest BCUT2D eigenvalue weighted by Crippen LogP contribution is -2.36. The van der Waals surface area contributed by atoms with Crippen LogP contribution in [0.1, 0.15) is 27.9 Å². The van der Waals surface area contributed by atoms with E-state index in [9.17, 15) is 4.79 Å². The zero-order chi connectivity index (χ0) is 20.8. The summed E-state index contributed by atoms with van der Waals surface area (Å²) in [6.45, 7) is 3.08. The van der Waals surface area contributed by atoms with E-state index in [1.165, 1.54) is 5.56 Å². The Morgan fingerprint density at radius 1 is 1.14 bits per heavy atom. The van der Waals surface area contributed by atoms with Crippen molar-refractivity contribution in [1.82, 2.24) is 14.8 Å². The van der Waals surface area contributed by atoms with Gasteiger partial charge >= 0.3 is 0 Å². The minimum absolute atomic E-state index is 0.00474. The number of carbonyl (C=O) groups excluding carboxylic acids is 1. The van der Waals surface area contributed by atoms with Crippen LogP contribution in [0.5, 0.6) is 11.5 Å². The van der Waals surface area contributed by atoms with E-state index in [4.69, 9.17) is 9.47 Å². The van der Waals surface area contributed by atoms with E-state index in [0.717, 1.165) is 42.9 Å². The van der Waals surface area contributed by atoms with Crippen molar-refractivity contribution in [1.29, 1.82) is 0 Å². The number of nitrogens with one attached hydrogen (secondary N) is 1. The molecule has 3 rings (SSSR count). The molecule has 1 aliphatic rings. The van der Waals surface area contributed by atoms with Gasteiger partial charge in [-0.3, -0.25) is 9.78 Å². The highest BCUT2D eigenvalue weighted by atomic mass is 16.5. The van der Waals surface area contributed by atoms with Crippen molar-refractivity contribution < 1.29 is 14.3 Å². The predicted octanol–water partition coefficient (Wildman–Crippen LogP) is 2.66. The molecule has 7 heteroatoms. The molecule has 0 atom stereocenters. The fourth-order valence-corrected chi connectivity index (χ4v) is 3.52. The summed E-state index contributed by atoms with van der Waals surface area (Å²) >= 11 is 0. The van der Waals surface area contributed by atoms with Crippen LogP contribution in [0.2, 0.25) is 0 Å². The number of pyridine rings is 1. The monoisotopic (exact) mass is 398 g/mol. The van der Waals surface area contributed by atoms with Gasteiger partial charge in [0, 0.05) is 32.0 Å². The van der Waals surface area contributed by atoms with Crippen LogP contribution in [0.4, 0.5) is 5.69 Å². The number of methoxy groups -OCH3 is 2. The van der Waals surface area contributed by atoms with Crippen LogP contribution in [-0.2, 0) is 13.0 Å². The Morgan fingerprint density at radius 3 is 2.55 bits per heavy atom. The first-order valence-corrected chi connectivity index (χ1v) is 9.88. The third-order valence-electron chi connectivity index (χ3n) is 5.10. The second-order valence-electron chi connectivity index (χ2n) is 7.50. The van der Waals surface area contributed by atoms with E-state index in [1.807, 2.05) is 23.1 Å². The van der Waals surface area contributed by atoms with Gasteiger partial charge in [-0.25, -0.2) is 0 Å². The Kier molecular flexibility index (Phi) is 6.93. The quantitative estimate of drug-likeness (QED) is 0.690. The van der Waals surface area contributed by atoms with Crippen LogP contribution in [0.25, 0.3) is 0 Å². The molecule has 0 bridgehead atoms. The van der Waals surface area contributed by atoms with Crippen molar-refractivity contribution in [3.05, 3.63) is 47.3 Å². The highest BCUT2D eigenvalue weighted by Gasteiger charge is 2.24. The van der Waals surface area contributed by atoms with Crippen molar-refractivity contribution >= 4 is 11.6 Å². The average Bonchev–Trinajstić information content (AvgIpc) is 2.74. The lowest BCUT2D eigenvalue weighted by Gasteiger charge is -2.29. The second-order valence-corrected chi connectivity index (χ2v) is 7.50. The number of anilines is 1. The summed E-state index contributed by atoms with van der Waals surface area (Å²) in [5.41, 5.74) is 3.76. The number of hydrogen-bond donors (Lipinski definition) is 1. The standard InChI is InChI=1S/C22H30N4O3/c1-25(2)8-5-7-24-19-10-17(13-23-14-19)22(27)26-9-6-16-11-20(28-3)21(29-4)12-18(16)15-26/h10-14,24H,5-9,15H2,1-4H3. The van der Waals surface area contributed by atoms with Crippen LogP contribution in [0, 0.1) is 0 Å². The SMILES string of the molecule is COc1cc2c(cc1OC)CN(C(=O)c1cncc(NCCCN(C)C)c1)CC2. The normalized spacial score (nSPS) is 13.2. The number of aromatic nitrogens is 1. The lowest BCUT2D eigenvalue weighted by molar-refractivity contribution is 0.0734. The summed E-state index contributed by atoms with van der Waals surface area (Å²) in [4.78, 5) is 21.3. The van der Waals surface area contributed by atoms with Gasteiger partial charge in [0.25, 0.3) is 5.91 Å². The largest absolute Gasteiger partial charge is 0.493 e. The van der Waals surface area contributed by atoms with Gasteiger partial charge in [-0.05, 0) is 62.8 Å². The van der Waals surface area contributed by atoms with E-state index in [1.54, 1.807) is 26.6 Å². The van der Waals surface area contributed by atoms with Gasteiger partial charge in [0.05, 0.1) is 25.5 Å². The fraction of sp³-hybridized carbons (Fsp3) is 0.455. The Hall–Kier alpha value is -2.80. The summed E-state index contributed by atoms with van der Waals surface area (Å²) in [7, 11) is 7.38. The first-order valence-electron chi connectivity index (χ1n) is 9.88. The number of carbonyl (C=O) groups is 1. The zero-order valence-corrected chi connectivity index (χ0v) is 17.7. The smallest absolute Gasteiger partial charge is 0.255 e. The van der Waals surface area contributed by atoms with Crippen molar-refractivity contribution in [2.45, 2.75) is 19.4 Å². The molecule has 1 aromatic heterocycles. The van der Waals surface area contributed by atoms with E-state index < -0.39 is 0 Å². The number of nitrogens with zero attached hydrogens (tertiary/aromatic N) is 3. The molecule has 1 aliphatic heterocycles. The highest BCUT2D eigenvalue weighted by molar-refractivity contribution is 5.94. The molecule has 2 aromatic rings. The van der Waals surface area contributed by atoms with E-state index in [-0.39, 0.29) is 5.91 Å². The van der Waals surface area contributed by atoms with Gasteiger partial charge < -0.3 is 24.6 Å². The highest BCUT2D eigenvalue weighted by Crippen LogP contribution is 2.33. The third-order valence-corrected chi connectivity index (χ3v) is 5.10. The summed E-state index contributed by atoms with van der Waals surface area (Å²) in [5, 5.41) is 3.35. The molecular weight excluding hydrogens is 368 g/mol. The molecule has 0 unspecified atom stereocenters. The van der Waals surface area contributed by atoms with Crippen LogP contribution in [0.15, 0.2) is 30.6 Å². The van der Waals surface area contributed by atoms with Gasteiger partial charge in [-0.1, -0.05) is 0 Å². The third kappa shape index (κ3) is 5.17. The van der Waals surface area contributed by atoms with E-state index in [2.05, 4.69) is 29.3 Å². The van der Waals surface area contributed by atoms with Crippen LogP contribution in [-0.4, -0.2) is 68.6 Å². The molecule has 1 aromatic carbocycles. The predicted molar refractivity (Wildman–Crippen MR) is 114 cm³/mol. The zero-order valence-electron chi connectivity index (χ0n) is 17.7. The Labute approximate surface area is 172 Å².